The molecule has 0 aliphatic heterocycles. The van der Waals surface area contributed by atoms with Crippen molar-refractivity contribution in [2.24, 2.45) is 0 Å². The zero-order valence-electron chi connectivity index (χ0n) is 12.0. The van der Waals surface area contributed by atoms with E-state index in [-0.39, 0.29) is 5.41 Å². The van der Waals surface area contributed by atoms with E-state index >= 15 is 0 Å². The van der Waals surface area contributed by atoms with Gasteiger partial charge in [0.15, 0.2) is 0 Å². The van der Waals surface area contributed by atoms with Crippen molar-refractivity contribution in [3.63, 3.8) is 0 Å². The quantitative estimate of drug-likeness (QED) is 0.906. The number of pyridine rings is 1. The normalized spacial score (nSPS) is 11.5. The summed E-state index contributed by atoms with van der Waals surface area (Å²) in [5, 5.41) is 0. The highest BCUT2D eigenvalue weighted by molar-refractivity contribution is 5.44. The SMILES string of the molecule is CC(C)(C)c1ccc(CCc2cnccc2N)cc1. The monoisotopic (exact) mass is 254 g/mol. The molecule has 2 rings (SSSR count). The lowest BCUT2D eigenvalue weighted by atomic mass is 9.86. The molecule has 2 N–H and O–H groups in total. The molecule has 0 bridgehead atoms. The topological polar surface area (TPSA) is 38.9 Å². The van der Waals surface area contributed by atoms with Gasteiger partial charge in [-0.1, -0.05) is 45.0 Å². The van der Waals surface area contributed by atoms with Gasteiger partial charge in [0.2, 0.25) is 0 Å². The molecule has 19 heavy (non-hydrogen) atoms. The second-order valence-corrected chi connectivity index (χ2v) is 6.02. The highest BCUT2D eigenvalue weighted by Crippen LogP contribution is 2.22. The van der Waals surface area contributed by atoms with Crippen molar-refractivity contribution in [2.75, 3.05) is 5.73 Å². The molecule has 2 aromatic rings. The Balaban J connectivity index is 2.03. The first-order valence-corrected chi connectivity index (χ1v) is 6.74. The van der Waals surface area contributed by atoms with E-state index in [1.54, 1.807) is 6.20 Å². The van der Waals surface area contributed by atoms with Crippen LogP contribution in [-0.4, -0.2) is 4.98 Å². The van der Waals surface area contributed by atoms with Crippen LogP contribution in [0, 0.1) is 0 Å². The third kappa shape index (κ3) is 3.57. The van der Waals surface area contributed by atoms with Crippen LogP contribution in [-0.2, 0) is 18.3 Å². The molecule has 2 nitrogen and oxygen atoms in total. The van der Waals surface area contributed by atoms with E-state index in [0.717, 1.165) is 24.1 Å². The third-order valence-electron chi connectivity index (χ3n) is 3.44. The number of aromatic nitrogens is 1. The Morgan fingerprint density at radius 2 is 1.68 bits per heavy atom. The van der Waals surface area contributed by atoms with Crippen LogP contribution in [0.5, 0.6) is 0 Å². The highest BCUT2D eigenvalue weighted by atomic mass is 14.7. The van der Waals surface area contributed by atoms with E-state index in [2.05, 4.69) is 50.0 Å². The minimum absolute atomic E-state index is 0.215. The molecule has 0 radical (unpaired) electrons. The zero-order valence-corrected chi connectivity index (χ0v) is 12.0. The second-order valence-electron chi connectivity index (χ2n) is 6.02. The first-order valence-electron chi connectivity index (χ1n) is 6.74. The minimum Gasteiger partial charge on any atom is -0.398 e. The van der Waals surface area contributed by atoms with E-state index in [0.29, 0.717) is 0 Å². The molecule has 0 amide bonds. The van der Waals surface area contributed by atoms with Gasteiger partial charge in [-0.15, -0.1) is 0 Å². The summed E-state index contributed by atoms with van der Waals surface area (Å²) in [6.45, 7) is 6.70. The molecule has 1 heterocycles. The number of benzene rings is 1. The van der Waals surface area contributed by atoms with Crippen LogP contribution < -0.4 is 5.73 Å². The Bertz CT molecular complexity index is 536. The largest absolute Gasteiger partial charge is 0.398 e. The molecule has 0 aliphatic carbocycles. The van der Waals surface area contributed by atoms with Crippen molar-refractivity contribution in [1.29, 1.82) is 0 Å². The summed E-state index contributed by atoms with van der Waals surface area (Å²) in [6, 6.07) is 10.7. The number of aryl methyl sites for hydroxylation is 2. The van der Waals surface area contributed by atoms with Crippen LogP contribution >= 0.6 is 0 Å². The smallest absolute Gasteiger partial charge is 0.0377 e. The van der Waals surface area contributed by atoms with Crippen molar-refractivity contribution in [3.8, 4) is 0 Å². The maximum Gasteiger partial charge on any atom is 0.0377 e. The molecule has 0 spiro atoms. The Hall–Kier alpha value is -1.83. The summed E-state index contributed by atoms with van der Waals surface area (Å²) >= 11 is 0. The summed E-state index contributed by atoms with van der Waals surface area (Å²) in [4.78, 5) is 4.12. The molecular formula is C17H22N2. The Morgan fingerprint density at radius 3 is 2.26 bits per heavy atom. The van der Waals surface area contributed by atoms with Gasteiger partial charge in [0.1, 0.15) is 0 Å². The van der Waals surface area contributed by atoms with Gasteiger partial charge < -0.3 is 5.73 Å². The number of nitrogen functional groups attached to an aromatic ring is 1. The minimum atomic E-state index is 0.215. The second kappa shape index (κ2) is 5.43. The van der Waals surface area contributed by atoms with Crippen molar-refractivity contribution >= 4 is 5.69 Å². The Labute approximate surface area is 115 Å². The molecule has 0 aliphatic rings. The van der Waals surface area contributed by atoms with Crippen LogP contribution in [0.4, 0.5) is 5.69 Å². The van der Waals surface area contributed by atoms with E-state index in [1.807, 2.05) is 12.3 Å². The van der Waals surface area contributed by atoms with Crippen molar-refractivity contribution in [2.45, 2.75) is 39.0 Å². The molecule has 1 aromatic heterocycles. The zero-order chi connectivity index (χ0) is 13.9. The molecule has 0 fully saturated rings. The summed E-state index contributed by atoms with van der Waals surface area (Å²) < 4.78 is 0. The average Bonchev–Trinajstić information content (AvgIpc) is 2.37. The standard InChI is InChI=1S/C17H22N2/c1-17(2,3)15-8-5-13(6-9-15)4-7-14-12-19-11-10-16(14)18/h5-6,8-12H,4,7H2,1-3H3,(H2,18,19). The number of rotatable bonds is 3. The van der Waals surface area contributed by atoms with Gasteiger partial charge in [0, 0.05) is 18.1 Å². The van der Waals surface area contributed by atoms with Crippen molar-refractivity contribution in [3.05, 3.63) is 59.4 Å². The predicted molar refractivity (Wildman–Crippen MR) is 81.2 cm³/mol. The molecule has 0 saturated heterocycles. The predicted octanol–water partition coefficient (Wildman–Crippen LogP) is 3.75. The van der Waals surface area contributed by atoms with Gasteiger partial charge in [-0.05, 0) is 41.0 Å². The van der Waals surface area contributed by atoms with Gasteiger partial charge in [0.25, 0.3) is 0 Å². The van der Waals surface area contributed by atoms with E-state index in [4.69, 9.17) is 5.73 Å². The number of hydrogen-bond acceptors (Lipinski definition) is 2. The van der Waals surface area contributed by atoms with Gasteiger partial charge in [0.05, 0.1) is 0 Å². The fraction of sp³-hybridized carbons (Fsp3) is 0.353. The van der Waals surface area contributed by atoms with Crippen LogP contribution in [0.25, 0.3) is 0 Å². The lowest BCUT2D eigenvalue weighted by molar-refractivity contribution is 0.590. The van der Waals surface area contributed by atoms with Crippen LogP contribution in [0.2, 0.25) is 0 Å². The number of nitrogens with two attached hydrogens (primary N) is 1. The summed E-state index contributed by atoms with van der Waals surface area (Å²) in [6.07, 6.45) is 5.53. The molecular weight excluding hydrogens is 232 g/mol. The number of anilines is 1. The molecule has 0 unspecified atom stereocenters. The third-order valence-corrected chi connectivity index (χ3v) is 3.44. The van der Waals surface area contributed by atoms with Gasteiger partial charge >= 0.3 is 0 Å². The van der Waals surface area contributed by atoms with Crippen molar-refractivity contribution in [1.82, 2.24) is 4.98 Å². The van der Waals surface area contributed by atoms with E-state index in [1.165, 1.54) is 11.1 Å². The van der Waals surface area contributed by atoms with Gasteiger partial charge in [-0.3, -0.25) is 4.98 Å². The molecule has 1 aromatic carbocycles. The number of nitrogens with zero attached hydrogens (tertiary/aromatic N) is 1. The molecule has 2 heteroatoms. The Kier molecular flexibility index (Phi) is 3.89. The Morgan fingerprint density at radius 1 is 1.00 bits per heavy atom. The van der Waals surface area contributed by atoms with Gasteiger partial charge in [-0.25, -0.2) is 0 Å². The van der Waals surface area contributed by atoms with Crippen LogP contribution in [0.1, 0.15) is 37.5 Å². The average molecular weight is 254 g/mol. The maximum atomic E-state index is 5.93. The van der Waals surface area contributed by atoms with Crippen LogP contribution in [0.3, 0.4) is 0 Å². The maximum absolute atomic E-state index is 5.93. The lowest BCUT2D eigenvalue weighted by Gasteiger charge is -2.19. The molecule has 100 valence electrons. The molecule has 0 atom stereocenters. The van der Waals surface area contributed by atoms with Gasteiger partial charge in [-0.2, -0.15) is 0 Å². The number of hydrogen-bond donors (Lipinski definition) is 1. The fourth-order valence-corrected chi connectivity index (χ4v) is 2.10. The van der Waals surface area contributed by atoms with Crippen molar-refractivity contribution < 1.29 is 0 Å². The first kappa shape index (κ1) is 13.6. The fourth-order valence-electron chi connectivity index (χ4n) is 2.10. The van der Waals surface area contributed by atoms with E-state index in [9.17, 15) is 0 Å². The molecule has 0 saturated carbocycles. The summed E-state index contributed by atoms with van der Waals surface area (Å²) in [7, 11) is 0. The lowest BCUT2D eigenvalue weighted by Crippen LogP contribution is -2.10. The van der Waals surface area contributed by atoms with E-state index < -0.39 is 0 Å². The highest BCUT2D eigenvalue weighted by Gasteiger charge is 2.12. The summed E-state index contributed by atoms with van der Waals surface area (Å²) in [5.74, 6) is 0. The van der Waals surface area contributed by atoms with Crippen LogP contribution in [0.15, 0.2) is 42.7 Å². The summed E-state index contributed by atoms with van der Waals surface area (Å²) in [5.41, 5.74) is 10.8. The first-order chi connectivity index (χ1) is 8.97.